The van der Waals surface area contributed by atoms with Crippen LogP contribution in [0.25, 0.3) is 0 Å². The quantitative estimate of drug-likeness (QED) is 0.744. The third kappa shape index (κ3) is 4.53. The Morgan fingerprint density at radius 3 is 2.60 bits per heavy atom. The van der Waals surface area contributed by atoms with Gasteiger partial charge in [-0.2, -0.15) is 4.31 Å². The van der Waals surface area contributed by atoms with Gasteiger partial charge in [-0.3, -0.25) is 4.79 Å². The number of hydrogen-bond acceptors (Lipinski definition) is 5. The van der Waals surface area contributed by atoms with Crippen molar-refractivity contribution >= 4 is 15.8 Å². The molecule has 2 aromatic rings. The van der Waals surface area contributed by atoms with Gasteiger partial charge < -0.3 is 9.72 Å². The minimum atomic E-state index is -3.55. The Hall–Kier alpha value is -2.03. The summed E-state index contributed by atoms with van der Waals surface area (Å²) in [6.07, 6.45) is 3.40. The number of H-pyrrole nitrogens is 1. The van der Waals surface area contributed by atoms with Gasteiger partial charge in [-0.25, -0.2) is 13.4 Å². The summed E-state index contributed by atoms with van der Waals surface area (Å²) in [5.41, 5.74) is 0.921. The summed E-state index contributed by atoms with van der Waals surface area (Å²) in [7, 11) is -3.55. The second kappa shape index (κ2) is 7.90. The Bertz CT molecular complexity index is 785. The van der Waals surface area contributed by atoms with Gasteiger partial charge in [-0.1, -0.05) is 30.3 Å². The first-order valence-corrected chi connectivity index (χ1v) is 9.80. The molecule has 0 radical (unpaired) electrons. The van der Waals surface area contributed by atoms with Gasteiger partial charge in [0.25, 0.3) is 0 Å². The van der Waals surface area contributed by atoms with Crippen molar-refractivity contribution in [3.05, 3.63) is 54.1 Å². The molecule has 1 aromatic heterocycles. The molecule has 1 aliphatic rings. The zero-order chi connectivity index (χ0) is 17.7. The van der Waals surface area contributed by atoms with E-state index in [1.165, 1.54) is 10.5 Å². The smallest absolute Gasteiger partial charge is 0.214 e. The normalized spacial score (nSPS) is 17.3. The van der Waals surface area contributed by atoms with Crippen LogP contribution >= 0.6 is 0 Å². The van der Waals surface area contributed by atoms with Crippen LogP contribution in [-0.4, -0.2) is 60.5 Å². The molecule has 0 spiro atoms. The summed E-state index contributed by atoms with van der Waals surface area (Å²) in [5, 5.41) is 0. The third-order valence-corrected chi connectivity index (χ3v) is 6.18. The van der Waals surface area contributed by atoms with Crippen molar-refractivity contribution < 1.29 is 17.9 Å². The monoisotopic (exact) mass is 363 g/mol. The van der Waals surface area contributed by atoms with E-state index in [2.05, 4.69) is 9.97 Å². The molecule has 1 aromatic carbocycles. The minimum Gasteiger partial charge on any atom is -0.379 e. The standard InChI is InChI=1S/C17H21N3O4S/c21-16(17-18-6-7-19-17)15(12-14-4-2-1-3-5-14)13-25(22,23)20-8-10-24-11-9-20/h1-7,15H,8-13H2,(H,18,19)/t15-/m1/s1. The molecule has 0 amide bonds. The van der Waals surface area contributed by atoms with Crippen LogP contribution in [0.15, 0.2) is 42.7 Å². The van der Waals surface area contributed by atoms with Crippen LogP contribution in [0.2, 0.25) is 0 Å². The van der Waals surface area contributed by atoms with Gasteiger partial charge >= 0.3 is 0 Å². The molecule has 0 bridgehead atoms. The SMILES string of the molecule is O=C(c1ncc[nH]1)[C@H](Cc1ccccc1)CS(=O)(=O)N1CCOCC1. The number of Topliss-reactive ketones (excluding diaryl/α,β-unsaturated/α-hetero) is 1. The maximum atomic E-state index is 12.8. The molecule has 2 heterocycles. The summed E-state index contributed by atoms with van der Waals surface area (Å²) in [5.74, 6) is -1.02. The molecule has 8 heteroatoms. The number of carbonyl (C=O) groups is 1. The predicted molar refractivity (Wildman–Crippen MR) is 92.7 cm³/mol. The number of benzene rings is 1. The van der Waals surface area contributed by atoms with E-state index < -0.39 is 15.9 Å². The third-order valence-electron chi connectivity index (χ3n) is 4.20. The number of ether oxygens (including phenoxy) is 1. The molecule has 1 aliphatic heterocycles. The predicted octanol–water partition coefficient (Wildman–Crippen LogP) is 1.11. The second-order valence-electron chi connectivity index (χ2n) is 5.98. The number of aromatic nitrogens is 2. The molecule has 1 fully saturated rings. The summed E-state index contributed by atoms with van der Waals surface area (Å²) in [6.45, 7) is 1.42. The number of hydrogen-bond donors (Lipinski definition) is 1. The number of nitrogens with zero attached hydrogens (tertiary/aromatic N) is 2. The molecule has 7 nitrogen and oxygen atoms in total. The first-order chi connectivity index (χ1) is 12.1. The van der Waals surface area contributed by atoms with E-state index in [1.807, 2.05) is 30.3 Å². The second-order valence-corrected chi connectivity index (χ2v) is 7.99. The Kier molecular flexibility index (Phi) is 5.62. The Morgan fingerprint density at radius 2 is 1.96 bits per heavy atom. The number of ketones is 1. The van der Waals surface area contributed by atoms with Crippen molar-refractivity contribution in [2.75, 3.05) is 32.1 Å². The van der Waals surface area contributed by atoms with E-state index >= 15 is 0 Å². The van der Waals surface area contributed by atoms with Crippen molar-refractivity contribution in [3.8, 4) is 0 Å². The van der Waals surface area contributed by atoms with E-state index in [4.69, 9.17) is 4.74 Å². The fourth-order valence-electron chi connectivity index (χ4n) is 2.90. The maximum Gasteiger partial charge on any atom is 0.214 e. The number of sulfonamides is 1. The average Bonchev–Trinajstić information content (AvgIpc) is 3.17. The van der Waals surface area contributed by atoms with Crippen molar-refractivity contribution in [1.82, 2.24) is 14.3 Å². The van der Waals surface area contributed by atoms with Crippen molar-refractivity contribution in [2.45, 2.75) is 6.42 Å². The highest BCUT2D eigenvalue weighted by atomic mass is 32.2. The van der Waals surface area contributed by atoms with Gasteiger partial charge in [-0.15, -0.1) is 0 Å². The van der Waals surface area contributed by atoms with Gasteiger partial charge in [0.1, 0.15) is 0 Å². The molecule has 0 saturated carbocycles. The number of carbonyl (C=O) groups excluding carboxylic acids is 1. The van der Waals surface area contributed by atoms with Crippen LogP contribution in [0.4, 0.5) is 0 Å². The van der Waals surface area contributed by atoms with Gasteiger partial charge in [0.2, 0.25) is 15.8 Å². The van der Waals surface area contributed by atoms with E-state index in [0.717, 1.165) is 5.56 Å². The molecule has 1 atom stereocenters. The number of morpholine rings is 1. The van der Waals surface area contributed by atoms with Gasteiger partial charge in [0.05, 0.1) is 19.0 Å². The van der Waals surface area contributed by atoms with Gasteiger partial charge in [0, 0.05) is 31.4 Å². The zero-order valence-electron chi connectivity index (χ0n) is 13.8. The molecule has 134 valence electrons. The van der Waals surface area contributed by atoms with E-state index in [-0.39, 0.29) is 17.4 Å². The zero-order valence-corrected chi connectivity index (χ0v) is 14.6. The summed E-state index contributed by atoms with van der Waals surface area (Å²) >= 11 is 0. The lowest BCUT2D eigenvalue weighted by molar-refractivity contribution is 0.0726. The van der Waals surface area contributed by atoms with Crippen LogP contribution in [0.1, 0.15) is 16.2 Å². The van der Waals surface area contributed by atoms with E-state index in [0.29, 0.717) is 32.7 Å². The highest BCUT2D eigenvalue weighted by molar-refractivity contribution is 7.89. The van der Waals surface area contributed by atoms with Crippen LogP contribution < -0.4 is 0 Å². The highest BCUT2D eigenvalue weighted by Crippen LogP contribution is 2.18. The molecule has 0 aliphatic carbocycles. The summed E-state index contributed by atoms with van der Waals surface area (Å²) in [4.78, 5) is 19.5. The highest BCUT2D eigenvalue weighted by Gasteiger charge is 2.32. The average molecular weight is 363 g/mol. The molecule has 1 N–H and O–H groups in total. The van der Waals surface area contributed by atoms with Gasteiger partial charge in [-0.05, 0) is 12.0 Å². The molecule has 3 rings (SSSR count). The van der Waals surface area contributed by atoms with E-state index in [9.17, 15) is 13.2 Å². The first kappa shape index (κ1) is 17.8. The Balaban J connectivity index is 1.81. The molecular formula is C17H21N3O4S. The van der Waals surface area contributed by atoms with Crippen molar-refractivity contribution in [1.29, 1.82) is 0 Å². The van der Waals surface area contributed by atoms with Crippen molar-refractivity contribution in [2.24, 2.45) is 5.92 Å². The fraction of sp³-hybridized carbons (Fsp3) is 0.412. The largest absolute Gasteiger partial charge is 0.379 e. The number of nitrogens with one attached hydrogen (secondary N) is 1. The minimum absolute atomic E-state index is 0.193. The number of rotatable bonds is 7. The van der Waals surface area contributed by atoms with E-state index in [1.54, 1.807) is 6.20 Å². The summed E-state index contributed by atoms with van der Waals surface area (Å²) in [6, 6.07) is 9.42. The number of imidazole rings is 1. The number of aromatic amines is 1. The fourth-order valence-corrected chi connectivity index (χ4v) is 4.60. The lowest BCUT2D eigenvalue weighted by atomic mass is 9.96. The Labute approximate surface area is 147 Å². The van der Waals surface area contributed by atoms with Crippen molar-refractivity contribution in [3.63, 3.8) is 0 Å². The summed E-state index contributed by atoms with van der Waals surface area (Å²) < 4.78 is 32.1. The van der Waals surface area contributed by atoms with Crippen LogP contribution in [0.5, 0.6) is 0 Å². The molecule has 25 heavy (non-hydrogen) atoms. The van der Waals surface area contributed by atoms with Gasteiger partial charge in [0.15, 0.2) is 5.82 Å². The lowest BCUT2D eigenvalue weighted by Gasteiger charge is -2.27. The maximum absolute atomic E-state index is 12.8. The molecule has 0 unspecified atom stereocenters. The molecular weight excluding hydrogens is 342 g/mol. The van der Waals surface area contributed by atoms with Crippen LogP contribution in [0.3, 0.4) is 0 Å². The molecule has 1 saturated heterocycles. The Morgan fingerprint density at radius 1 is 1.24 bits per heavy atom. The topological polar surface area (TPSA) is 92.4 Å². The van der Waals surface area contributed by atoms with Crippen LogP contribution in [-0.2, 0) is 21.2 Å². The van der Waals surface area contributed by atoms with Crippen LogP contribution in [0, 0.1) is 5.92 Å². The lowest BCUT2D eigenvalue weighted by Crippen LogP contribution is -2.44. The first-order valence-electron chi connectivity index (χ1n) is 8.19.